The lowest BCUT2D eigenvalue weighted by Gasteiger charge is -2.20. The summed E-state index contributed by atoms with van der Waals surface area (Å²) >= 11 is 7.40. The molecular formula is C50H72Br2N2O4. The van der Waals surface area contributed by atoms with Gasteiger partial charge in [-0.2, -0.15) is 0 Å². The molecule has 0 spiro atoms. The first-order chi connectivity index (χ1) is 28.6. The van der Waals surface area contributed by atoms with Crippen LogP contribution in [0.4, 0.5) is 11.4 Å². The van der Waals surface area contributed by atoms with E-state index in [1.165, 1.54) is 167 Å². The predicted molar refractivity (Wildman–Crippen MR) is 248 cm³/mol. The summed E-state index contributed by atoms with van der Waals surface area (Å²) in [6, 6.07) is 11.6. The topological polar surface area (TPSA) is 61.6 Å². The predicted octanol–water partition coefficient (Wildman–Crippen LogP) is 17.0. The molecule has 2 aliphatic rings. The van der Waals surface area contributed by atoms with E-state index in [1.54, 1.807) is 0 Å². The molecule has 0 N–H and O–H groups in total. The van der Waals surface area contributed by atoms with E-state index in [0.29, 0.717) is 46.9 Å². The van der Waals surface area contributed by atoms with Crippen LogP contribution in [0, 0.1) is 0 Å². The molecule has 8 heteroatoms. The van der Waals surface area contributed by atoms with Crippen LogP contribution >= 0.6 is 31.9 Å². The van der Waals surface area contributed by atoms with E-state index in [1.807, 2.05) is 36.4 Å². The Hall–Kier alpha value is -2.58. The van der Waals surface area contributed by atoms with Crippen molar-refractivity contribution in [3.05, 3.63) is 56.1 Å². The maximum absolute atomic E-state index is 6.35. The molecule has 58 heavy (non-hydrogen) atoms. The van der Waals surface area contributed by atoms with Gasteiger partial charge in [0.25, 0.3) is 0 Å². The molecule has 0 aliphatic carbocycles. The van der Waals surface area contributed by atoms with Gasteiger partial charge < -0.3 is 18.9 Å². The minimum absolute atomic E-state index is 0.649. The average Bonchev–Trinajstić information content (AvgIpc) is 3.22. The molecule has 320 valence electrons. The van der Waals surface area contributed by atoms with Gasteiger partial charge in [-0.25, -0.2) is 9.98 Å². The molecule has 0 fully saturated rings. The molecule has 0 bridgehead atoms. The fraction of sp³-hybridized carbons (Fsp3) is 0.640. The van der Waals surface area contributed by atoms with Gasteiger partial charge in [0.15, 0.2) is 23.0 Å². The quantitative estimate of drug-likeness (QED) is 0.0403. The Morgan fingerprint density at radius 2 is 0.672 bits per heavy atom. The lowest BCUT2D eigenvalue weighted by Crippen LogP contribution is -2.18. The molecule has 2 heterocycles. The third-order valence-corrected chi connectivity index (χ3v) is 12.7. The molecule has 0 saturated heterocycles. The van der Waals surface area contributed by atoms with Crippen molar-refractivity contribution < 1.29 is 18.9 Å². The van der Waals surface area contributed by atoms with E-state index in [9.17, 15) is 0 Å². The van der Waals surface area contributed by atoms with Crippen molar-refractivity contribution in [3.63, 3.8) is 0 Å². The van der Waals surface area contributed by atoms with Gasteiger partial charge in [0, 0.05) is 36.4 Å². The summed E-state index contributed by atoms with van der Waals surface area (Å²) in [6.45, 7) is 5.96. The minimum atomic E-state index is 0.649. The maximum Gasteiger partial charge on any atom is 0.155 e. The molecule has 5 rings (SSSR count). The standard InChI is InChI=1S/C50H72Br2N2O4/c1-3-5-7-9-11-13-15-17-19-21-23-25-27-29-31-55-45-35-41-47(33-39(45)51)57-49-38-44-50(37-43(49)53-41)58-48-34-40(52)46(36-42(48)54-44)56-32-30-28-26-24-22-20-18-16-14-12-10-8-6-4-2/h33-38H,3-32H2,1-2H3. The highest BCUT2D eigenvalue weighted by atomic mass is 79.9. The zero-order valence-electron chi connectivity index (χ0n) is 36.0. The first-order valence-electron chi connectivity index (χ1n) is 23.5. The Balaban J connectivity index is 1.01. The molecule has 0 amide bonds. The Bertz CT molecular complexity index is 1650. The average molecular weight is 925 g/mol. The van der Waals surface area contributed by atoms with Gasteiger partial charge in [0.2, 0.25) is 0 Å². The number of halogens is 2. The number of unbranched alkanes of at least 4 members (excludes halogenated alkanes) is 26. The lowest BCUT2D eigenvalue weighted by molar-refractivity contribution is 0.302. The summed E-state index contributed by atoms with van der Waals surface area (Å²) in [5.74, 6) is 4.24. The fourth-order valence-corrected chi connectivity index (χ4v) is 8.81. The highest BCUT2D eigenvalue weighted by Gasteiger charge is 2.21. The SMILES string of the molecule is CCCCCCCCCCCCCCCCOc1cc2c(cc1Br)Oc1cc3c(cc1=N2)Oc1cc(Br)c(OCCCCCCCCCCCCCCCC)cc1N=3. The van der Waals surface area contributed by atoms with Crippen LogP contribution in [0.25, 0.3) is 0 Å². The van der Waals surface area contributed by atoms with Crippen molar-refractivity contribution in [1.82, 2.24) is 0 Å². The smallest absolute Gasteiger partial charge is 0.155 e. The van der Waals surface area contributed by atoms with Crippen LogP contribution in [0.2, 0.25) is 0 Å². The van der Waals surface area contributed by atoms with E-state index in [2.05, 4.69) is 45.7 Å². The Labute approximate surface area is 367 Å². The number of fused-ring (bicyclic) bond motifs is 4. The Morgan fingerprint density at radius 3 is 0.983 bits per heavy atom. The van der Waals surface area contributed by atoms with Crippen LogP contribution in [0.3, 0.4) is 0 Å². The summed E-state index contributed by atoms with van der Waals surface area (Å²) in [7, 11) is 0. The summed E-state index contributed by atoms with van der Waals surface area (Å²) in [5.41, 5.74) is 1.48. The van der Waals surface area contributed by atoms with Gasteiger partial charge in [0.1, 0.15) is 33.6 Å². The largest absolute Gasteiger partial charge is 0.492 e. The second-order valence-corrected chi connectivity index (χ2v) is 18.3. The summed E-state index contributed by atoms with van der Waals surface area (Å²) in [5, 5.41) is 1.41. The van der Waals surface area contributed by atoms with Crippen LogP contribution in [0.15, 0.2) is 55.3 Å². The number of hydrogen-bond acceptors (Lipinski definition) is 6. The number of hydrogen-bond donors (Lipinski definition) is 0. The zero-order valence-corrected chi connectivity index (χ0v) is 39.1. The van der Waals surface area contributed by atoms with Crippen LogP contribution in [0.5, 0.6) is 34.5 Å². The van der Waals surface area contributed by atoms with Gasteiger partial charge in [-0.15, -0.1) is 0 Å². The van der Waals surface area contributed by atoms with Gasteiger partial charge in [-0.05, 0) is 44.7 Å². The van der Waals surface area contributed by atoms with Gasteiger partial charge in [0.05, 0.1) is 22.2 Å². The molecule has 6 nitrogen and oxygen atoms in total. The van der Waals surface area contributed by atoms with Gasteiger partial charge in [-0.3, -0.25) is 0 Å². The number of benzene rings is 3. The fourth-order valence-electron chi connectivity index (χ4n) is 7.94. The number of ether oxygens (including phenoxy) is 4. The molecule has 2 aliphatic heterocycles. The van der Waals surface area contributed by atoms with E-state index >= 15 is 0 Å². The monoisotopic (exact) mass is 922 g/mol. The van der Waals surface area contributed by atoms with Crippen molar-refractivity contribution in [1.29, 1.82) is 0 Å². The van der Waals surface area contributed by atoms with E-state index in [-0.39, 0.29) is 0 Å². The molecule has 0 atom stereocenters. The Kier molecular flexibility index (Phi) is 21.9. The third kappa shape index (κ3) is 16.1. The zero-order chi connectivity index (χ0) is 40.6. The van der Waals surface area contributed by atoms with E-state index < -0.39 is 0 Å². The highest BCUT2D eigenvalue weighted by Crippen LogP contribution is 2.44. The first-order valence-corrected chi connectivity index (χ1v) is 25.0. The second-order valence-electron chi connectivity index (χ2n) is 16.6. The van der Waals surface area contributed by atoms with Crippen LogP contribution in [0.1, 0.15) is 194 Å². The molecule has 0 unspecified atom stereocenters. The second kappa shape index (κ2) is 27.3. The van der Waals surface area contributed by atoms with Gasteiger partial charge >= 0.3 is 0 Å². The third-order valence-electron chi connectivity index (χ3n) is 11.5. The minimum Gasteiger partial charge on any atom is -0.492 e. The normalized spacial score (nSPS) is 12.3. The highest BCUT2D eigenvalue weighted by molar-refractivity contribution is 9.11. The van der Waals surface area contributed by atoms with Crippen molar-refractivity contribution in [2.24, 2.45) is 9.98 Å². The van der Waals surface area contributed by atoms with Crippen molar-refractivity contribution in [2.45, 2.75) is 194 Å². The van der Waals surface area contributed by atoms with E-state index in [4.69, 9.17) is 28.9 Å². The first kappa shape index (κ1) is 46.5. The molecule has 3 aromatic rings. The molecule has 0 radical (unpaired) electrons. The van der Waals surface area contributed by atoms with Gasteiger partial charge in [-0.1, -0.05) is 181 Å². The lowest BCUT2D eigenvalue weighted by atomic mass is 10.0. The molecule has 3 aromatic carbocycles. The Morgan fingerprint density at radius 1 is 0.379 bits per heavy atom. The van der Waals surface area contributed by atoms with E-state index in [0.717, 1.165) is 44.7 Å². The summed E-state index contributed by atoms with van der Waals surface area (Å²) in [6.07, 6.45) is 37.7. The summed E-state index contributed by atoms with van der Waals surface area (Å²) < 4.78 is 26.8. The van der Waals surface area contributed by atoms with Crippen LogP contribution in [-0.2, 0) is 0 Å². The van der Waals surface area contributed by atoms with Crippen LogP contribution < -0.4 is 29.7 Å². The molecular weight excluding hydrogens is 852 g/mol. The number of rotatable bonds is 32. The van der Waals surface area contributed by atoms with Crippen molar-refractivity contribution in [2.75, 3.05) is 13.2 Å². The summed E-state index contributed by atoms with van der Waals surface area (Å²) in [4.78, 5) is 9.88. The van der Waals surface area contributed by atoms with Crippen molar-refractivity contribution in [3.8, 4) is 34.5 Å². The molecule has 0 saturated carbocycles. The number of nitrogens with zero attached hydrogens (tertiary/aromatic N) is 2. The molecule has 0 aromatic heterocycles. The van der Waals surface area contributed by atoms with Crippen LogP contribution in [-0.4, -0.2) is 13.2 Å². The maximum atomic E-state index is 6.35. The van der Waals surface area contributed by atoms with Crippen molar-refractivity contribution >= 4 is 43.2 Å².